The van der Waals surface area contributed by atoms with E-state index in [2.05, 4.69) is 5.32 Å². The zero-order chi connectivity index (χ0) is 30.8. The van der Waals surface area contributed by atoms with Crippen molar-refractivity contribution in [2.24, 2.45) is 5.41 Å². The third-order valence-corrected chi connectivity index (χ3v) is 8.05. The molecule has 1 aromatic carbocycles. The van der Waals surface area contributed by atoms with Gasteiger partial charge >= 0.3 is 11.9 Å². The molecule has 1 aromatic rings. The fourth-order valence-electron chi connectivity index (χ4n) is 6.21. The molecule has 4 aliphatic rings. The van der Waals surface area contributed by atoms with Gasteiger partial charge in [0.1, 0.15) is 48.8 Å². The number of carbonyl (C=O) groups excluding carboxylic acids is 3. The molecule has 13 heteroatoms. The molecule has 0 spiro atoms. The topological polar surface area (TPSA) is 162 Å². The lowest BCUT2D eigenvalue weighted by Gasteiger charge is -2.49. The second-order valence-electron chi connectivity index (χ2n) is 12.2. The SMILES string of the molecule is CC(C)(C)OC(=O)CCC(CO)NC(=O)C12CC3OC(=O)C1N(Cc1ccc(C=COCCO)cc1)OC2C1OCOC31. The molecule has 7 atom stereocenters. The number of ether oxygens (including phenoxy) is 5. The van der Waals surface area contributed by atoms with Crippen LogP contribution < -0.4 is 5.32 Å². The molecule has 7 unspecified atom stereocenters. The van der Waals surface area contributed by atoms with Crippen LogP contribution in [0.3, 0.4) is 0 Å². The molecular weight excluding hydrogens is 564 g/mol. The summed E-state index contributed by atoms with van der Waals surface area (Å²) in [5.74, 6) is -1.52. The molecule has 3 heterocycles. The molecule has 3 saturated heterocycles. The highest BCUT2D eigenvalue weighted by Crippen LogP contribution is 2.55. The first-order valence-electron chi connectivity index (χ1n) is 14.5. The standard InChI is InChI=1S/C30H40N2O11/c1-29(2,3)42-22(35)9-8-20(16-34)31-28(37)30-14-21-23-24(40-17-39-23)26(30)43-32(25(30)27(36)41-21)15-19-6-4-18(5-7-19)10-12-38-13-11-33/h4-7,10,12,20-21,23-26,33-34H,8-9,11,13-17H2,1-3H3,(H,31,37). The summed E-state index contributed by atoms with van der Waals surface area (Å²) < 4.78 is 27.9. The van der Waals surface area contributed by atoms with Crippen LogP contribution in [-0.2, 0) is 49.5 Å². The highest BCUT2D eigenvalue weighted by Gasteiger charge is 2.74. The number of fused-ring (bicyclic) bond motifs is 4. The maximum Gasteiger partial charge on any atom is 0.327 e. The Morgan fingerprint density at radius 1 is 1.19 bits per heavy atom. The van der Waals surface area contributed by atoms with Crippen LogP contribution in [0.5, 0.6) is 0 Å². The Morgan fingerprint density at radius 2 is 1.93 bits per heavy atom. The molecule has 0 aromatic heterocycles. The van der Waals surface area contributed by atoms with Gasteiger partial charge in [-0.15, -0.1) is 0 Å². The average molecular weight is 605 g/mol. The van der Waals surface area contributed by atoms with Gasteiger partial charge in [-0.1, -0.05) is 24.3 Å². The van der Waals surface area contributed by atoms with Crippen LogP contribution in [0.2, 0.25) is 0 Å². The van der Waals surface area contributed by atoms with Gasteiger partial charge in [-0.2, -0.15) is 5.06 Å². The van der Waals surface area contributed by atoms with Crippen LogP contribution >= 0.6 is 0 Å². The van der Waals surface area contributed by atoms with Gasteiger partial charge in [0.15, 0.2) is 6.04 Å². The normalized spacial score (nSPS) is 30.5. The van der Waals surface area contributed by atoms with Crippen molar-refractivity contribution in [1.29, 1.82) is 0 Å². The summed E-state index contributed by atoms with van der Waals surface area (Å²) in [6.07, 6.45) is 0.805. The van der Waals surface area contributed by atoms with Crippen LogP contribution in [-0.4, -0.2) is 102 Å². The maximum atomic E-state index is 14.2. The molecule has 43 heavy (non-hydrogen) atoms. The maximum absolute atomic E-state index is 14.2. The van der Waals surface area contributed by atoms with E-state index in [1.807, 2.05) is 24.3 Å². The van der Waals surface area contributed by atoms with Crippen molar-refractivity contribution in [3.05, 3.63) is 41.7 Å². The van der Waals surface area contributed by atoms with Gasteiger partial charge in [0.25, 0.3) is 0 Å². The van der Waals surface area contributed by atoms with Crippen molar-refractivity contribution in [2.45, 2.75) is 88.7 Å². The molecule has 0 radical (unpaired) electrons. The number of hydrogen-bond donors (Lipinski definition) is 3. The van der Waals surface area contributed by atoms with E-state index in [1.54, 1.807) is 26.8 Å². The molecule has 236 valence electrons. The third-order valence-electron chi connectivity index (χ3n) is 8.05. The minimum atomic E-state index is -1.37. The van der Waals surface area contributed by atoms with Crippen LogP contribution in [0, 0.1) is 5.41 Å². The summed E-state index contributed by atoms with van der Waals surface area (Å²) in [7, 11) is 0. The monoisotopic (exact) mass is 604 g/mol. The Hall–Kier alpha value is -3.07. The van der Waals surface area contributed by atoms with E-state index in [1.165, 1.54) is 11.3 Å². The first kappa shape index (κ1) is 31.4. The second kappa shape index (κ2) is 12.9. The molecule has 3 aliphatic heterocycles. The Labute approximate surface area is 249 Å². The highest BCUT2D eigenvalue weighted by atomic mass is 16.8. The van der Waals surface area contributed by atoms with Gasteiger partial charge in [-0.25, -0.2) is 0 Å². The van der Waals surface area contributed by atoms with Crippen molar-refractivity contribution >= 4 is 23.9 Å². The molecule has 2 bridgehead atoms. The van der Waals surface area contributed by atoms with Crippen LogP contribution in [0.4, 0.5) is 0 Å². The van der Waals surface area contributed by atoms with Gasteiger partial charge in [0.05, 0.1) is 32.1 Å². The van der Waals surface area contributed by atoms with Gasteiger partial charge in [-0.05, 0) is 44.4 Å². The number of aliphatic hydroxyl groups excluding tert-OH is 2. The first-order valence-corrected chi connectivity index (χ1v) is 14.5. The summed E-state index contributed by atoms with van der Waals surface area (Å²) >= 11 is 0. The number of esters is 2. The van der Waals surface area contributed by atoms with Gasteiger partial charge in [-0.3, -0.25) is 19.2 Å². The number of nitrogens with one attached hydrogen (secondary N) is 1. The number of amides is 1. The number of hydroxylamine groups is 2. The molecular formula is C30H40N2O11. The van der Waals surface area contributed by atoms with Crippen LogP contribution in [0.15, 0.2) is 30.5 Å². The van der Waals surface area contributed by atoms with Crippen molar-refractivity contribution < 1.29 is 53.1 Å². The number of rotatable bonds is 12. The first-order chi connectivity index (χ1) is 20.6. The zero-order valence-electron chi connectivity index (χ0n) is 24.6. The fraction of sp³-hybridized carbons (Fsp3) is 0.633. The molecule has 13 nitrogen and oxygen atoms in total. The van der Waals surface area contributed by atoms with E-state index in [0.717, 1.165) is 11.1 Å². The Bertz CT molecular complexity index is 1200. The second-order valence-corrected chi connectivity index (χ2v) is 12.2. The van der Waals surface area contributed by atoms with Gasteiger partial charge < -0.3 is 39.2 Å². The lowest BCUT2D eigenvalue weighted by molar-refractivity contribution is -0.201. The van der Waals surface area contributed by atoms with E-state index in [-0.39, 0.29) is 45.8 Å². The van der Waals surface area contributed by atoms with Crippen molar-refractivity contribution in [3.8, 4) is 0 Å². The van der Waals surface area contributed by atoms with Crippen molar-refractivity contribution in [2.75, 3.05) is 26.6 Å². The van der Waals surface area contributed by atoms with Crippen LogP contribution in [0.25, 0.3) is 6.08 Å². The summed E-state index contributed by atoms with van der Waals surface area (Å²) in [6, 6.07) is 5.66. The lowest BCUT2D eigenvalue weighted by Crippen LogP contribution is -2.70. The molecule has 1 aliphatic carbocycles. The average Bonchev–Trinajstić information content (AvgIpc) is 3.58. The number of carbonyl (C=O) groups is 3. The van der Waals surface area contributed by atoms with E-state index in [9.17, 15) is 19.5 Å². The number of nitrogens with zero attached hydrogens (tertiary/aromatic N) is 1. The number of hydrogen-bond acceptors (Lipinski definition) is 12. The predicted octanol–water partition coefficient (Wildman–Crippen LogP) is 0.807. The third kappa shape index (κ3) is 6.56. The van der Waals surface area contributed by atoms with Gasteiger partial charge in [0, 0.05) is 12.8 Å². The predicted molar refractivity (Wildman–Crippen MR) is 148 cm³/mol. The summed E-state index contributed by atoms with van der Waals surface area (Å²) in [5.41, 5.74) is -0.335. The highest BCUT2D eigenvalue weighted by molar-refractivity contribution is 5.93. The molecule has 3 N–H and O–H groups in total. The Morgan fingerprint density at radius 3 is 2.63 bits per heavy atom. The van der Waals surface area contributed by atoms with Crippen LogP contribution in [0.1, 0.15) is 51.2 Å². The van der Waals surface area contributed by atoms with E-state index < -0.39 is 72.0 Å². The van der Waals surface area contributed by atoms with Crippen molar-refractivity contribution in [3.63, 3.8) is 0 Å². The Balaban J connectivity index is 1.35. The van der Waals surface area contributed by atoms with E-state index in [0.29, 0.717) is 0 Å². The minimum Gasteiger partial charge on any atom is -0.499 e. The summed E-state index contributed by atoms with van der Waals surface area (Å²) in [4.78, 5) is 46.3. The largest absolute Gasteiger partial charge is 0.499 e. The fourth-order valence-corrected chi connectivity index (χ4v) is 6.21. The molecule has 1 amide bonds. The van der Waals surface area contributed by atoms with E-state index in [4.69, 9.17) is 33.6 Å². The Kier molecular flexibility index (Phi) is 9.40. The number of aliphatic hydroxyl groups is 2. The quantitative estimate of drug-likeness (QED) is 0.175. The van der Waals surface area contributed by atoms with E-state index >= 15 is 0 Å². The molecule has 4 fully saturated rings. The number of benzene rings is 1. The summed E-state index contributed by atoms with van der Waals surface area (Å²) in [5, 5.41) is 23.3. The minimum absolute atomic E-state index is 0.00365. The smallest absolute Gasteiger partial charge is 0.327 e. The van der Waals surface area contributed by atoms with Gasteiger partial charge in [0.2, 0.25) is 5.91 Å². The van der Waals surface area contributed by atoms with Crippen molar-refractivity contribution in [1.82, 2.24) is 10.4 Å². The molecule has 5 rings (SSSR count). The molecule has 1 saturated carbocycles. The zero-order valence-corrected chi connectivity index (χ0v) is 24.6. The summed E-state index contributed by atoms with van der Waals surface area (Å²) in [6.45, 7) is 5.19. The lowest BCUT2D eigenvalue weighted by atomic mass is 9.62.